The van der Waals surface area contributed by atoms with Crippen LogP contribution in [0.15, 0.2) is 18.2 Å². The summed E-state index contributed by atoms with van der Waals surface area (Å²) >= 11 is 0. The van der Waals surface area contributed by atoms with Crippen LogP contribution in [-0.2, 0) is 17.9 Å². The quantitative estimate of drug-likeness (QED) is 0.622. The highest BCUT2D eigenvalue weighted by Crippen LogP contribution is 2.19. The maximum atomic E-state index is 5.72. The molecule has 0 spiro atoms. The van der Waals surface area contributed by atoms with Gasteiger partial charge in [0.1, 0.15) is 5.75 Å². The second kappa shape index (κ2) is 10.7. The minimum atomic E-state index is 0.494. The third-order valence-corrected chi connectivity index (χ3v) is 3.48. The molecule has 0 amide bonds. The zero-order chi connectivity index (χ0) is 14.6. The van der Waals surface area contributed by atoms with Gasteiger partial charge in [-0.15, -0.1) is 0 Å². The number of benzene rings is 1. The standard InChI is InChI=1S/C17H29NO2/c1-3-4-5-6-7-8-11-20-14-15-9-10-17(19-2)16(12-15)13-18/h9-10,12H,3-8,11,13-14,18H2,1-2H3. The Labute approximate surface area is 123 Å². The molecule has 3 heteroatoms. The van der Waals surface area contributed by atoms with E-state index < -0.39 is 0 Å². The number of ether oxygens (including phenoxy) is 2. The number of rotatable bonds is 11. The van der Waals surface area contributed by atoms with Crippen LogP contribution in [0.3, 0.4) is 0 Å². The SMILES string of the molecule is CCCCCCCCOCc1ccc(OC)c(CN)c1. The molecule has 0 atom stereocenters. The van der Waals surface area contributed by atoms with Crippen LogP contribution in [-0.4, -0.2) is 13.7 Å². The Morgan fingerprint density at radius 1 is 1.05 bits per heavy atom. The average Bonchev–Trinajstić information content (AvgIpc) is 2.49. The molecule has 0 aromatic heterocycles. The second-order valence-corrected chi connectivity index (χ2v) is 5.17. The van der Waals surface area contributed by atoms with Gasteiger partial charge in [-0.05, 0) is 24.1 Å². The fourth-order valence-corrected chi connectivity index (χ4v) is 2.26. The predicted octanol–water partition coefficient (Wildman–Crippen LogP) is 4.03. The normalized spacial score (nSPS) is 10.8. The van der Waals surface area contributed by atoms with Gasteiger partial charge >= 0.3 is 0 Å². The number of nitrogens with two attached hydrogens (primary N) is 1. The molecule has 0 saturated carbocycles. The third-order valence-electron chi connectivity index (χ3n) is 3.48. The molecule has 0 radical (unpaired) electrons. The summed E-state index contributed by atoms with van der Waals surface area (Å²) in [6.45, 7) is 4.24. The van der Waals surface area contributed by atoms with Crippen molar-refractivity contribution in [1.82, 2.24) is 0 Å². The summed E-state index contributed by atoms with van der Waals surface area (Å²) in [7, 11) is 1.67. The number of hydrogen-bond acceptors (Lipinski definition) is 3. The van der Waals surface area contributed by atoms with Crippen LogP contribution in [0.4, 0.5) is 0 Å². The minimum absolute atomic E-state index is 0.494. The van der Waals surface area contributed by atoms with E-state index in [9.17, 15) is 0 Å². The fourth-order valence-electron chi connectivity index (χ4n) is 2.26. The van der Waals surface area contributed by atoms with Gasteiger partial charge < -0.3 is 15.2 Å². The van der Waals surface area contributed by atoms with Crippen molar-refractivity contribution < 1.29 is 9.47 Å². The first-order valence-electron chi connectivity index (χ1n) is 7.75. The predicted molar refractivity (Wildman–Crippen MR) is 83.9 cm³/mol. The highest BCUT2D eigenvalue weighted by Gasteiger charge is 2.02. The molecule has 0 aliphatic heterocycles. The molecule has 0 aliphatic rings. The number of hydrogen-bond donors (Lipinski definition) is 1. The van der Waals surface area contributed by atoms with Gasteiger partial charge in [0.15, 0.2) is 0 Å². The molecular weight excluding hydrogens is 250 g/mol. The van der Waals surface area contributed by atoms with E-state index in [2.05, 4.69) is 13.0 Å². The highest BCUT2D eigenvalue weighted by atomic mass is 16.5. The lowest BCUT2D eigenvalue weighted by Gasteiger charge is -2.09. The van der Waals surface area contributed by atoms with E-state index in [1.807, 2.05) is 12.1 Å². The maximum absolute atomic E-state index is 5.72. The first-order valence-corrected chi connectivity index (χ1v) is 7.75. The maximum Gasteiger partial charge on any atom is 0.123 e. The number of methoxy groups -OCH3 is 1. The summed E-state index contributed by atoms with van der Waals surface area (Å²) in [6.07, 6.45) is 7.78. The van der Waals surface area contributed by atoms with Crippen molar-refractivity contribution in [3.63, 3.8) is 0 Å². The summed E-state index contributed by atoms with van der Waals surface area (Å²) < 4.78 is 11.0. The fraction of sp³-hybridized carbons (Fsp3) is 0.647. The molecule has 0 saturated heterocycles. The van der Waals surface area contributed by atoms with E-state index in [-0.39, 0.29) is 0 Å². The molecule has 114 valence electrons. The van der Waals surface area contributed by atoms with Crippen molar-refractivity contribution in [2.45, 2.75) is 58.6 Å². The summed E-state index contributed by atoms with van der Waals surface area (Å²) in [5, 5.41) is 0. The van der Waals surface area contributed by atoms with E-state index in [4.69, 9.17) is 15.2 Å². The lowest BCUT2D eigenvalue weighted by atomic mass is 10.1. The van der Waals surface area contributed by atoms with Gasteiger partial charge in [-0.3, -0.25) is 0 Å². The Balaban J connectivity index is 2.18. The van der Waals surface area contributed by atoms with Crippen LogP contribution in [0, 0.1) is 0 Å². The van der Waals surface area contributed by atoms with Crippen molar-refractivity contribution in [2.24, 2.45) is 5.73 Å². The van der Waals surface area contributed by atoms with Gasteiger partial charge in [-0.1, -0.05) is 45.1 Å². The topological polar surface area (TPSA) is 44.5 Å². The molecule has 1 rings (SSSR count). The third kappa shape index (κ3) is 6.40. The number of unbranched alkanes of at least 4 members (excludes halogenated alkanes) is 5. The van der Waals surface area contributed by atoms with E-state index in [0.29, 0.717) is 13.2 Å². The summed E-state index contributed by atoms with van der Waals surface area (Å²) in [5.74, 6) is 0.854. The largest absolute Gasteiger partial charge is 0.496 e. The van der Waals surface area contributed by atoms with E-state index in [1.165, 1.54) is 32.1 Å². The van der Waals surface area contributed by atoms with Crippen LogP contribution in [0.1, 0.15) is 56.6 Å². The zero-order valence-corrected chi connectivity index (χ0v) is 13.0. The molecule has 3 nitrogen and oxygen atoms in total. The highest BCUT2D eigenvalue weighted by molar-refractivity contribution is 5.36. The zero-order valence-electron chi connectivity index (χ0n) is 13.0. The monoisotopic (exact) mass is 279 g/mol. The molecule has 0 unspecified atom stereocenters. The average molecular weight is 279 g/mol. The van der Waals surface area contributed by atoms with Crippen LogP contribution < -0.4 is 10.5 Å². The molecule has 0 heterocycles. The molecule has 20 heavy (non-hydrogen) atoms. The first kappa shape index (κ1) is 17.0. The van der Waals surface area contributed by atoms with Crippen molar-refractivity contribution in [3.05, 3.63) is 29.3 Å². The lowest BCUT2D eigenvalue weighted by Crippen LogP contribution is -2.02. The van der Waals surface area contributed by atoms with Crippen molar-refractivity contribution >= 4 is 0 Å². The molecular formula is C17H29NO2. The van der Waals surface area contributed by atoms with Gasteiger partial charge in [0.25, 0.3) is 0 Å². The van der Waals surface area contributed by atoms with E-state index in [0.717, 1.165) is 29.9 Å². The van der Waals surface area contributed by atoms with Crippen molar-refractivity contribution in [2.75, 3.05) is 13.7 Å². The smallest absolute Gasteiger partial charge is 0.123 e. The van der Waals surface area contributed by atoms with Crippen LogP contribution in [0.25, 0.3) is 0 Å². The molecule has 1 aromatic rings. The van der Waals surface area contributed by atoms with Crippen molar-refractivity contribution in [1.29, 1.82) is 0 Å². The summed E-state index contributed by atoms with van der Waals surface area (Å²) in [4.78, 5) is 0. The Bertz CT molecular complexity index is 366. The molecule has 0 fully saturated rings. The lowest BCUT2D eigenvalue weighted by molar-refractivity contribution is 0.116. The molecule has 1 aromatic carbocycles. The Hall–Kier alpha value is -1.06. The van der Waals surface area contributed by atoms with Gasteiger partial charge in [0, 0.05) is 18.7 Å². The van der Waals surface area contributed by atoms with Crippen LogP contribution in [0.5, 0.6) is 5.75 Å². The Morgan fingerprint density at radius 3 is 2.50 bits per heavy atom. The van der Waals surface area contributed by atoms with E-state index in [1.54, 1.807) is 7.11 Å². The first-order chi connectivity index (χ1) is 9.81. The molecule has 0 bridgehead atoms. The van der Waals surface area contributed by atoms with Gasteiger partial charge in [-0.25, -0.2) is 0 Å². The minimum Gasteiger partial charge on any atom is -0.496 e. The molecule has 2 N–H and O–H groups in total. The van der Waals surface area contributed by atoms with Crippen LogP contribution >= 0.6 is 0 Å². The van der Waals surface area contributed by atoms with Crippen LogP contribution in [0.2, 0.25) is 0 Å². The van der Waals surface area contributed by atoms with Gasteiger partial charge in [-0.2, -0.15) is 0 Å². The van der Waals surface area contributed by atoms with Crippen molar-refractivity contribution in [3.8, 4) is 5.75 Å². The summed E-state index contributed by atoms with van der Waals surface area (Å²) in [6, 6.07) is 6.07. The second-order valence-electron chi connectivity index (χ2n) is 5.17. The van der Waals surface area contributed by atoms with Gasteiger partial charge in [0.2, 0.25) is 0 Å². The van der Waals surface area contributed by atoms with Gasteiger partial charge in [0.05, 0.1) is 13.7 Å². The molecule has 0 aliphatic carbocycles. The Kier molecular flexibility index (Phi) is 9.09. The summed E-state index contributed by atoms with van der Waals surface area (Å²) in [5.41, 5.74) is 7.91. The van der Waals surface area contributed by atoms with E-state index >= 15 is 0 Å². The Morgan fingerprint density at radius 2 is 1.80 bits per heavy atom.